The van der Waals surface area contributed by atoms with Gasteiger partial charge in [-0.3, -0.25) is 0 Å². The van der Waals surface area contributed by atoms with Crippen LogP contribution < -0.4 is 5.32 Å². The van der Waals surface area contributed by atoms with Gasteiger partial charge in [0.15, 0.2) is 0 Å². The number of nitrogens with one attached hydrogen (secondary N) is 1. The molecule has 108 valence electrons. The van der Waals surface area contributed by atoms with E-state index in [-0.39, 0.29) is 0 Å². The molecule has 1 fully saturated rings. The molecule has 0 amide bonds. The van der Waals surface area contributed by atoms with Gasteiger partial charge in [0.2, 0.25) is 0 Å². The summed E-state index contributed by atoms with van der Waals surface area (Å²) in [5, 5.41) is 7.03. The van der Waals surface area contributed by atoms with E-state index in [1.807, 2.05) is 6.20 Å². The van der Waals surface area contributed by atoms with Crippen LogP contribution in [0, 0.1) is 17.3 Å². The second-order valence-corrected chi connectivity index (χ2v) is 7.81. The zero-order valence-corrected chi connectivity index (χ0v) is 13.6. The maximum Gasteiger partial charge on any atom is 0.110 e. The monoisotopic (exact) mass is 280 g/mol. The summed E-state index contributed by atoms with van der Waals surface area (Å²) in [5.74, 6) is 1.66. The van der Waals surface area contributed by atoms with E-state index in [9.17, 15) is 0 Å². The summed E-state index contributed by atoms with van der Waals surface area (Å²) in [7, 11) is 0. The summed E-state index contributed by atoms with van der Waals surface area (Å²) in [6.07, 6.45) is 7.38. The van der Waals surface area contributed by atoms with Crippen LogP contribution in [0.15, 0.2) is 11.6 Å². The number of aromatic nitrogens is 1. The molecule has 1 atom stereocenters. The van der Waals surface area contributed by atoms with E-state index < -0.39 is 0 Å². The highest BCUT2D eigenvalue weighted by molar-refractivity contribution is 7.09. The van der Waals surface area contributed by atoms with Gasteiger partial charge in [-0.2, -0.15) is 0 Å². The van der Waals surface area contributed by atoms with Gasteiger partial charge in [-0.15, -0.1) is 11.3 Å². The number of hydrogen-bond donors (Lipinski definition) is 1. The molecule has 1 heterocycles. The average Bonchev–Trinajstić information content (AvgIpc) is 2.89. The van der Waals surface area contributed by atoms with Gasteiger partial charge in [-0.1, -0.05) is 27.7 Å². The first-order chi connectivity index (χ1) is 9.02. The Labute approximate surface area is 122 Å². The zero-order chi connectivity index (χ0) is 13.9. The van der Waals surface area contributed by atoms with Crippen LogP contribution in [0.2, 0.25) is 0 Å². The van der Waals surface area contributed by atoms with Crippen molar-refractivity contribution in [3.63, 3.8) is 0 Å². The van der Waals surface area contributed by atoms with Crippen LogP contribution in [0.1, 0.15) is 64.4 Å². The molecular formula is C16H28N2S. The minimum absolute atomic E-state index is 0.472. The van der Waals surface area contributed by atoms with Gasteiger partial charge in [0.1, 0.15) is 5.01 Å². The fourth-order valence-electron chi connectivity index (χ4n) is 3.38. The van der Waals surface area contributed by atoms with E-state index in [2.05, 4.69) is 43.4 Å². The molecule has 1 unspecified atom stereocenters. The van der Waals surface area contributed by atoms with Crippen LogP contribution in [0.3, 0.4) is 0 Å². The minimum Gasteiger partial charge on any atom is -0.308 e. The number of nitrogens with zero attached hydrogens (tertiary/aromatic N) is 1. The van der Waals surface area contributed by atoms with E-state index in [4.69, 9.17) is 0 Å². The van der Waals surface area contributed by atoms with Crippen LogP contribution in [-0.4, -0.2) is 11.5 Å². The highest BCUT2D eigenvalue weighted by atomic mass is 32.1. The molecule has 1 aromatic heterocycles. The second-order valence-electron chi connectivity index (χ2n) is 6.88. The fourth-order valence-corrected chi connectivity index (χ4v) is 4.19. The van der Waals surface area contributed by atoms with Crippen LogP contribution in [0.5, 0.6) is 0 Å². The lowest BCUT2D eigenvalue weighted by atomic mass is 9.68. The molecule has 2 nitrogen and oxygen atoms in total. The summed E-state index contributed by atoms with van der Waals surface area (Å²) in [6.45, 7) is 10.4. The molecule has 19 heavy (non-hydrogen) atoms. The van der Waals surface area contributed by atoms with Crippen molar-refractivity contribution in [2.24, 2.45) is 17.3 Å². The SMILES string of the molecule is CCNC(c1nccs1)C1CCC(C(C)(C)C)CC1. The molecule has 1 aliphatic carbocycles. The lowest BCUT2D eigenvalue weighted by molar-refractivity contribution is 0.133. The topological polar surface area (TPSA) is 24.9 Å². The lowest BCUT2D eigenvalue weighted by Gasteiger charge is -2.39. The molecule has 1 saturated carbocycles. The Morgan fingerprint density at radius 2 is 2.00 bits per heavy atom. The largest absolute Gasteiger partial charge is 0.308 e. The third kappa shape index (κ3) is 3.79. The Morgan fingerprint density at radius 3 is 2.47 bits per heavy atom. The molecule has 1 N–H and O–H groups in total. The van der Waals surface area contributed by atoms with E-state index >= 15 is 0 Å². The van der Waals surface area contributed by atoms with Crippen molar-refractivity contribution in [3.05, 3.63) is 16.6 Å². The van der Waals surface area contributed by atoms with Gasteiger partial charge in [-0.25, -0.2) is 4.98 Å². The van der Waals surface area contributed by atoms with Crippen LogP contribution >= 0.6 is 11.3 Å². The maximum absolute atomic E-state index is 4.53. The van der Waals surface area contributed by atoms with Crippen LogP contribution in [-0.2, 0) is 0 Å². The van der Waals surface area contributed by atoms with Gasteiger partial charge >= 0.3 is 0 Å². The number of thiazole rings is 1. The van der Waals surface area contributed by atoms with Crippen molar-refractivity contribution in [1.29, 1.82) is 0 Å². The van der Waals surface area contributed by atoms with Crippen molar-refractivity contribution in [3.8, 4) is 0 Å². The fraction of sp³-hybridized carbons (Fsp3) is 0.812. The van der Waals surface area contributed by atoms with E-state index in [1.165, 1.54) is 30.7 Å². The lowest BCUT2D eigenvalue weighted by Crippen LogP contribution is -2.33. The smallest absolute Gasteiger partial charge is 0.110 e. The highest BCUT2D eigenvalue weighted by Crippen LogP contribution is 2.43. The van der Waals surface area contributed by atoms with Gasteiger partial charge in [0, 0.05) is 11.6 Å². The predicted molar refractivity (Wildman–Crippen MR) is 83.4 cm³/mol. The maximum atomic E-state index is 4.53. The Hall–Kier alpha value is -0.410. The summed E-state index contributed by atoms with van der Waals surface area (Å²) in [5.41, 5.74) is 0.472. The molecular weight excluding hydrogens is 252 g/mol. The Kier molecular flexibility index (Phi) is 5.02. The van der Waals surface area contributed by atoms with Crippen molar-refractivity contribution in [2.45, 2.75) is 59.4 Å². The first kappa shape index (κ1) is 15.0. The second kappa shape index (κ2) is 6.36. The van der Waals surface area contributed by atoms with E-state index in [0.29, 0.717) is 11.5 Å². The van der Waals surface area contributed by atoms with Crippen LogP contribution in [0.4, 0.5) is 0 Å². The third-order valence-electron chi connectivity index (χ3n) is 4.61. The molecule has 0 radical (unpaired) electrons. The Morgan fingerprint density at radius 1 is 1.32 bits per heavy atom. The summed E-state index contributed by atoms with van der Waals surface area (Å²) in [6, 6.07) is 0.478. The molecule has 0 bridgehead atoms. The van der Waals surface area contributed by atoms with E-state index in [1.54, 1.807) is 11.3 Å². The van der Waals surface area contributed by atoms with Gasteiger partial charge < -0.3 is 5.32 Å². The standard InChI is InChI=1S/C16H28N2S/c1-5-17-14(15-18-10-11-19-15)12-6-8-13(9-7-12)16(2,3)4/h10-14,17H,5-9H2,1-4H3. The predicted octanol–water partition coefficient (Wildman–Crippen LogP) is 4.65. The Bertz CT molecular complexity index is 359. The van der Waals surface area contributed by atoms with Crippen molar-refractivity contribution in [1.82, 2.24) is 10.3 Å². The minimum atomic E-state index is 0.472. The van der Waals surface area contributed by atoms with Crippen molar-refractivity contribution >= 4 is 11.3 Å². The molecule has 3 heteroatoms. The highest BCUT2D eigenvalue weighted by Gasteiger charge is 2.33. The normalized spacial score (nSPS) is 26.3. The molecule has 0 aliphatic heterocycles. The first-order valence-electron chi connectivity index (χ1n) is 7.65. The molecule has 1 aromatic rings. The molecule has 2 rings (SSSR count). The Balaban J connectivity index is 1.98. The van der Waals surface area contributed by atoms with Crippen LogP contribution in [0.25, 0.3) is 0 Å². The summed E-state index contributed by atoms with van der Waals surface area (Å²) >= 11 is 1.80. The number of hydrogen-bond acceptors (Lipinski definition) is 3. The van der Waals surface area contributed by atoms with E-state index in [0.717, 1.165) is 18.4 Å². The third-order valence-corrected chi connectivity index (χ3v) is 5.47. The summed E-state index contributed by atoms with van der Waals surface area (Å²) < 4.78 is 0. The zero-order valence-electron chi connectivity index (χ0n) is 12.8. The van der Waals surface area contributed by atoms with Gasteiger partial charge in [0.25, 0.3) is 0 Å². The van der Waals surface area contributed by atoms with Gasteiger partial charge in [-0.05, 0) is 49.5 Å². The van der Waals surface area contributed by atoms with Crippen molar-refractivity contribution in [2.75, 3.05) is 6.54 Å². The molecule has 0 saturated heterocycles. The number of rotatable bonds is 4. The molecule has 0 aromatic carbocycles. The average molecular weight is 280 g/mol. The summed E-state index contributed by atoms with van der Waals surface area (Å²) in [4.78, 5) is 4.53. The molecule has 0 spiro atoms. The van der Waals surface area contributed by atoms with Crippen molar-refractivity contribution < 1.29 is 0 Å². The van der Waals surface area contributed by atoms with Gasteiger partial charge in [0.05, 0.1) is 6.04 Å². The molecule has 1 aliphatic rings. The quantitative estimate of drug-likeness (QED) is 0.868. The first-order valence-corrected chi connectivity index (χ1v) is 8.53.